The highest BCUT2D eigenvalue weighted by atomic mass is 16.6. The first-order valence-corrected chi connectivity index (χ1v) is 3.63. The van der Waals surface area contributed by atoms with Crippen molar-refractivity contribution in [2.45, 2.75) is 32.4 Å². The van der Waals surface area contributed by atoms with Gasteiger partial charge in [-0.2, -0.15) is 0 Å². The molecule has 0 aliphatic heterocycles. The van der Waals surface area contributed by atoms with Crippen molar-refractivity contribution >= 4 is 12.4 Å². The van der Waals surface area contributed by atoms with Crippen molar-refractivity contribution < 1.29 is 14.3 Å². The minimum absolute atomic E-state index is 0.532. The molecule has 1 atom stereocenters. The van der Waals surface area contributed by atoms with Crippen LogP contribution in [-0.2, 0) is 9.53 Å². The molecule has 12 heavy (non-hydrogen) atoms. The molecule has 0 aliphatic carbocycles. The van der Waals surface area contributed by atoms with Crippen molar-refractivity contribution in [1.29, 1.82) is 0 Å². The fourth-order valence-electron chi connectivity index (χ4n) is 0.493. The zero-order chi connectivity index (χ0) is 9.78. The van der Waals surface area contributed by atoms with Crippen LogP contribution in [0.4, 0.5) is 4.79 Å². The number of rotatable bonds is 2. The number of ether oxygens (including phenoxy) is 1. The third kappa shape index (κ3) is 5.70. The second kappa shape index (κ2) is 4.09. The van der Waals surface area contributed by atoms with E-state index in [-0.39, 0.29) is 0 Å². The smallest absolute Gasteiger partial charge is 0.408 e. The van der Waals surface area contributed by atoms with Gasteiger partial charge in [-0.25, -0.2) is 4.79 Å². The Hall–Kier alpha value is -1.06. The molecule has 0 bridgehead atoms. The highest BCUT2D eigenvalue weighted by Gasteiger charge is 2.16. The summed E-state index contributed by atoms with van der Waals surface area (Å²) in [6.07, 6.45) is -0.0983. The standard InChI is InChI=1S/C8H14NO3/c1-6(5-10)9-7(11)12-8(2,3)4/h5-6H,1H2,2-4H3,(H,9,11)/t6-/m0/s1. The molecule has 0 aromatic heterocycles. The van der Waals surface area contributed by atoms with E-state index in [0.717, 1.165) is 0 Å². The van der Waals surface area contributed by atoms with Gasteiger partial charge in [-0.3, -0.25) is 0 Å². The molecule has 0 heterocycles. The van der Waals surface area contributed by atoms with Crippen LogP contribution in [0.2, 0.25) is 0 Å². The molecule has 1 N–H and O–H groups in total. The van der Waals surface area contributed by atoms with Crippen LogP contribution < -0.4 is 5.32 Å². The number of carbonyl (C=O) groups is 2. The summed E-state index contributed by atoms with van der Waals surface area (Å²) in [6, 6.07) is -0.750. The van der Waals surface area contributed by atoms with Crippen LogP contribution in [0.15, 0.2) is 0 Å². The van der Waals surface area contributed by atoms with Crippen LogP contribution in [0.5, 0.6) is 0 Å². The summed E-state index contributed by atoms with van der Waals surface area (Å²) in [7, 11) is 0. The number of hydrogen-bond donors (Lipinski definition) is 1. The van der Waals surface area contributed by atoms with Gasteiger partial charge >= 0.3 is 6.09 Å². The Kier molecular flexibility index (Phi) is 3.73. The molecular weight excluding hydrogens is 158 g/mol. The second-order valence-corrected chi connectivity index (χ2v) is 3.39. The predicted octanol–water partition coefficient (Wildman–Crippen LogP) is 0.913. The first-order chi connectivity index (χ1) is 5.35. The first-order valence-electron chi connectivity index (χ1n) is 3.63. The average Bonchev–Trinajstić information content (AvgIpc) is 1.82. The molecule has 0 aromatic rings. The van der Waals surface area contributed by atoms with Crippen molar-refractivity contribution in [3.8, 4) is 0 Å². The van der Waals surface area contributed by atoms with Crippen LogP contribution in [0.1, 0.15) is 20.8 Å². The lowest BCUT2D eigenvalue weighted by molar-refractivity contribution is -0.108. The molecule has 4 heteroatoms. The summed E-state index contributed by atoms with van der Waals surface area (Å²) in [5, 5.41) is 2.25. The molecule has 0 spiro atoms. The topological polar surface area (TPSA) is 55.4 Å². The van der Waals surface area contributed by atoms with E-state index in [1.807, 2.05) is 0 Å². The number of amides is 1. The monoisotopic (exact) mass is 172 g/mol. The van der Waals surface area contributed by atoms with Gasteiger partial charge in [0, 0.05) is 0 Å². The maximum absolute atomic E-state index is 10.9. The molecule has 0 fully saturated rings. The Balaban J connectivity index is 3.82. The molecule has 0 aromatic carbocycles. The van der Waals surface area contributed by atoms with Gasteiger partial charge in [0.2, 0.25) is 0 Å². The Morgan fingerprint density at radius 2 is 2.08 bits per heavy atom. The minimum atomic E-state index is -0.750. The molecule has 0 saturated heterocycles. The maximum Gasteiger partial charge on any atom is 0.408 e. The van der Waals surface area contributed by atoms with Crippen molar-refractivity contribution in [2.75, 3.05) is 0 Å². The third-order valence-electron chi connectivity index (χ3n) is 0.866. The number of hydrogen-bond acceptors (Lipinski definition) is 3. The van der Waals surface area contributed by atoms with Crippen molar-refractivity contribution in [3.63, 3.8) is 0 Å². The molecule has 1 amide bonds. The minimum Gasteiger partial charge on any atom is -0.444 e. The third-order valence-corrected chi connectivity index (χ3v) is 0.866. The van der Waals surface area contributed by atoms with Gasteiger partial charge in [0.1, 0.15) is 11.9 Å². The number of alkyl carbamates (subject to hydrolysis) is 1. The predicted molar refractivity (Wildman–Crippen MR) is 44.6 cm³/mol. The van der Waals surface area contributed by atoms with E-state index >= 15 is 0 Å². The van der Waals surface area contributed by atoms with Gasteiger partial charge in [0.15, 0.2) is 0 Å². The van der Waals surface area contributed by atoms with E-state index in [1.165, 1.54) is 0 Å². The summed E-state index contributed by atoms with van der Waals surface area (Å²) in [6.45, 7) is 8.57. The Morgan fingerprint density at radius 1 is 1.58 bits per heavy atom. The van der Waals surface area contributed by atoms with Crippen molar-refractivity contribution in [3.05, 3.63) is 6.92 Å². The van der Waals surface area contributed by atoms with Crippen molar-refractivity contribution in [2.24, 2.45) is 0 Å². The fraction of sp³-hybridized carbons (Fsp3) is 0.625. The summed E-state index contributed by atoms with van der Waals surface area (Å²) >= 11 is 0. The van der Waals surface area contributed by atoms with E-state index in [4.69, 9.17) is 4.74 Å². The van der Waals surface area contributed by atoms with Crippen LogP contribution in [-0.4, -0.2) is 24.0 Å². The maximum atomic E-state index is 10.9. The lowest BCUT2D eigenvalue weighted by Crippen LogP contribution is -2.38. The summed E-state index contributed by atoms with van der Waals surface area (Å²) in [5.74, 6) is 0. The van der Waals surface area contributed by atoms with Gasteiger partial charge in [0.05, 0.1) is 6.04 Å². The molecule has 1 radical (unpaired) electrons. The quantitative estimate of drug-likeness (QED) is 0.630. The molecule has 69 valence electrons. The fourth-order valence-corrected chi connectivity index (χ4v) is 0.493. The van der Waals surface area contributed by atoms with Gasteiger partial charge in [-0.05, 0) is 27.7 Å². The molecular formula is C8H14NO3. The number of aldehydes is 1. The summed E-state index contributed by atoms with van der Waals surface area (Å²) in [4.78, 5) is 21.0. The lowest BCUT2D eigenvalue weighted by Gasteiger charge is -2.20. The van der Waals surface area contributed by atoms with Crippen LogP contribution in [0, 0.1) is 6.92 Å². The Bertz CT molecular complexity index is 172. The average molecular weight is 172 g/mol. The van der Waals surface area contributed by atoms with Gasteiger partial charge in [-0.15, -0.1) is 0 Å². The highest BCUT2D eigenvalue weighted by molar-refractivity contribution is 5.73. The molecule has 0 aliphatic rings. The summed E-state index contributed by atoms with van der Waals surface area (Å²) in [5.41, 5.74) is -0.549. The molecule has 0 unspecified atom stereocenters. The number of nitrogens with one attached hydrogen (secondary N) is 1. The van der Waals surface area contributed by atoms with Gasteiger partial charge in [-0.1, -0.05) is 0 Å². The zero-order valence-electron chi connectivity index (χ0n) is 7.59. The largest absolute Gasteiger partial charge is 0.444 e. The number of carbonyl (C=O) groups excluding carboxylic acids is 2. The zero-order valence-corrected chi connectivity index (χ0v) is 7.59. The Morgan fingerprint density at radius 3 is 2.42 bits per heavy atom. The van der Waals surface area contributed by atoms with E-state index in [2.05, 4.69) is 12.2 Å². The van der Waals surface area contributed by atoms with Crippen LogP contribution >= 0.6 is 0 Å². The summed E-state index contributed by atoms with van der Waals surface area (Å²) < 4.78 is 4.86. The van der Waals surface area contributed by atoms with Crippen LogP contribution in [0.3, 0.4) is 0 Å². The van der Waals surface area contributed by atoms with Crippen molar-refractivity contribution in [1.82, 2.24) is 5.32 Å². The Labute approximate surface area is 72.3 Å². The molecule has 0 rings (SSSR count). The second-order valence-electron chi connectivity index (χ2n) is 3.39. The van der Waals surface area contributed by atoms with Gasteiger partial charge in [0.25, 0.3) is 0 Å². The van der Waals surface area contributed by atoms with Crippen LogP contribution in [0.25, 0.3) is 0 Å². The molecule has 4 nitrogen and oxygen atoms in total. The SMILES string of the molecule is [CH2][C@@H](C=O)NC(=O)OC(C)(C)C. The van der Waals surface area contributed by atoms with Gasteiger partial charge < -0.3 is 14.8 Å². The normalized spacial score (nSPS) is 13.3. The van der Waals surface area contributed by atoms with E-state index in [9.17, 15) is 9.59 Å². The first kappa shape index (κ1) is 10.9. The lowest BCUT2D eigenvalue weighted by atomic mass is 10.2. The van der Waals surface area contributed by atoms with E-state index in [0.29, 0.717) is 6.29 Å². The van der Waals surface area contributed by atoms with E-state index < -0.39 is 17.7 Å². The molecule has 0 saturated carbocycles. The van der Waals surface area contributed by atoms with E-state index in [1.54, 1.807) is 20.8 Å². The highest BCUT2D eigenvalue weighted by Crippen LogP contribution is 2.06.